The monoisotopic (exact) mass is 148 g/mol. The van der Waals surface area contributed by atoms with E-state index in [4.69, 9.17) is 10.2 Å². The highest BCUT2D eigenvalue weighted by Crippen LogP contribution is 2.04. The van der Waals surface area contributed by atoms with E-state index in [1.54, 1.807) is 0 Å². The first-order valence-electron chi connectivity index (χ1n) is 2.29. The van der Waals surface area contributed by atoms with E-state index in [0.29, 0.717) is 0 Å². The summed E-state index contributed by atoms with van der Waals surface area (Å²) in [4.78, 5) is 19.6. The van der Waals surface area contributed by atoms with Gasteiger partial charge in [-0.15, -0.1) is 0 Å². The highest BCUT2D eigenvalue weighted by Gasteiger charge is 2.14. The van der Waals surface area contributed by atoms with Gasteiger partial charge in [0.05, 0.1) is 5.57 Å². The van der Waals surface area contributed by atoms with Gasteiger partial charge in [0.1, 0.15) is 0 Å². The number of carboxylic acids is 2. The highest BCUT2D eigenvalue weighted by atomic mass is 19.1. The molecule has 0 saturated heterocycles. The second kappa shape index (κ2) is 2.95. The van der Waals surface area contributed by atoms with E-state index in [1.807, 2.05) is 0 Å². The molecule has 0 saturated carbocycles. The lowest BCUT2D eigenvalue weighted by atomic mass is 10.3. The van der Waals surface area contributed by atoms with Crippen LogP contribution >= 0.6 is 0 Å². The van der Waals surface area contributed by atoms with Gasteiger partial charge in [0.15, 0.2) is 0 Å². The third kappa shape index (κ3) is 1.85. The first kappa shape index (κ1) is 8.61. The smallest absolute Gasteiger partial charge is 0.365 e. The van der Waals surface area contributed by atoms with Gasteiger partial charge in [-0.05, 0) is 6.92 Å². The molecule has 0 aromatic carbocycles. The molecule has 0 radical (unpaired) electrons. The molecule has 0 aliphatic heterocycles. The van der Waals surface area contributed by atoms with Gasteiger partial charge < -0.3 is 10.2 Å². The van der Waals surface area contributed by atoms with Crippen molar-refractivity contribution in [2.45, 2.75) is 6.92 Å². The summed E-state index contributed by atoms with van der Waals surface area (Å²) in [5.74, 6) is -5.06. The molecular formula is C5H5FO4. The molecule has 0 aromatic heterocycles. The van der Waals surface area contributed by atoms with Crippen LogP contribution in [0.25, 0.3) is 0 Å². The van der Waals surface area contributed by atoms with Gasteiger partial charge in [-0.3, -0.25) is 0 Å². The van der Waals surface area contributed by atoms with Gasteiger partial charge in [0, 0.05) is 0 Å². The van der Waals surface area contributed by atoms with E-state index in [2.05, 4.69) is 0 Å². The van der Waals surface area contributed by atoms with Crippen LogP contribution in [0, 0.1) is 0 Å². The molecule has 0 atom stereocenters. The quantitative estimate of drug-likeness (QED) is 0.556. The Kier molecular flexibility index (Phi) is 2.54. The van der Waals surface area contributed by atoms with Crippen molar-refractivity contribution in [1.29, 1.82) is 0 Å². The zero-order chi connectivity index (χ0) is 8.31. The maximum atomic E-state index is 12.1. The van der Waals surface area contributed by atoms with Crippen LogP contribution in [-0.4, -0.2) is 22.2 Å². The van der Waals surface area contributed by atoms with Crippen LogP contribution in [0.2, 0.25) is 0 Å². The van der Waals surface area contributed by atoms with Crippen LogP contribution in [0.1, 0.15) is 6.92 Å². The van der Waals surface area contributed by atoms with Gasteiger partial charge in [-0.25, -0.2) is 9.59 Å². The number of carboxylic acid groups (broad SMARTS) is 2. The fourth-order valence-electron chi connectivity index (χ4n) is 0.254. The van der Waals surface area contributed by atoms with Crippen molar-refractivity contribution < 1.29 is 24.2 Å². The molecule has 5 heteroatoms. The number of carbonyl (C=O) groups is 2. The Bertz CT molecular complexity index is 184. The van der Waals surface area contributed by atoms with E-state index in [9.17, 15) is 14.0 Å². The summed E-state index contributed by atoms with van der Waals surface area (Å²) < 4.78 is 12.1. The van der Waals surface area contributed by atoms with Gasteiger partial charge in [-0.1, -0.05) is 0 Å². The fraction of sp³-hybridized carbons (Fsp3) is 0.200. The van der Waals surface area contributed by atoms with Crippen molar-refractivity contribution >= 4 is 11.9 Å². The molecule has 0 spiro atoms. The molecule has 0 heterocycles. The lowest BCUT2D eigenvalue weighted by Crippen LogP contribution is -2.05. The van der Waals surface area contributed by atoms with Crippen molar-refractivity contribution in [3.8, 4) is 0 Å². The van der Waals surface area contributed by atoms with Gasteiger partial charge in [0.2, 0.25) is 5.83 Å². The van der Waals surface area contributed by atoms with E-state index >= 15 is 0 Å². The number of rotatable bonds is 2. The summed E-state index contributed by atoms with van der Waals surface area (Å²) in [5.41, 5.74) is -0.799. The molecule has 0 unspecified atom stereocenters. The van der Waals surface area contributed by atoms with E-state index in [0.717, 1.165) is 6.92 Å². The van der Waals surface area contributed by atoms with Crippen molar-refractivity contribution in [2.75, 3.05) is 0 Å². The summed E-state index contributed by atoms with van der Waals surface area (Å²) in [6.45, 7) is 0.881. The molecule has 0 fully saturated rings. The Labute approximate surface area is 55.6 Å². The van der Waals surface area contributed by atoms with Crippen molar-refractivity contribution in [1.82, 2.24) is 0 Å². The van der Waals surface area contributed by atoms with Gasteiger partial charge >= 0.3 is 11.9 Å². The Morgan fingerprint density at radius 1 is 1.20 bits per heavy atom. The second-order valence-electron chi connectivity index (χ2n) is 1.55. The lowest BCUT2D eigenvalue weighted by Gasteiger charge is -1.91. The van der Waals surface area contributed by atoms with E-state index in [1.165, 1.54) is 0 Å². The Morgan fingerprint density at radius 3 is 1.70 bits per heavy atom. The summed E-state index contributed by atoms with van der Waals surface area (Å²) in [6.07, 6.45) is 0. The topological polar surface area (TPSA) is 74.6 Å². The van der Waals surface area contributed by atoms with Crippen molar-refractivity contribution in [2.24, 2.45) is 0 Å². The minimum absolute atomic E-state index is 0.799. The summed E-state index contributed by atoms with van der Waals surface area (Å²) >= 11 is 0. The second-order valence-corrected chi connectivity index (χ2v) is 1.55. The summed E-state index contributed by atoms with van der Waals surface area (Å²) in [7, 11) is 0. The number of halogens is 1. The van der Waals surface area contributed by atoms with Crippen LogP contribution in [0.4, 0.5) is 4.39 Å². The van der Waals surface area contributed by atoms with Crippen LogP contribution in [0.15, 0.2) is 11.4 Å². The molecule has 0 aromatic rings. The molecule has 0 rings (SSSR count). The van der Waals surface area contributed by atoms with Crippen LogP contribution in [-0.2, 0) is 9.59 Å². The fourth-order valence-corrected chi connectivity index (χ4v) is 0.254. The van der Waals surface area contributed by atoms with Crippen LogP contribution in [0.5, 0.6) is 0 Å². The Morgan fingerprint density at radius 2 is 1.60 bits per heavy atom. The molecule has 0 aliphatic rings. The largest absolute Gasteiger partial charge is 0.478 e. The Balaban J connectivity index is 4.67. The third-order valence-corrected chi connectivity index (χ3v) is 0.838. The molecule has 0 amide bonds. The van der Waals surface area contributed by atoms with Crippen LogP contribution < -0.4 is 0 Å². The van der Waals surface area contributed by atoms with E-state index < -0.39 is 23.3 Å². The maximum Gasteiger partial charge on any atom is 0.365 e. The molecule has 0 bridgehead atoms. The zero-order valence-electron chi connectivity index (χ0n) is 5.09. The highest BCUT2D eigenvalue weighted by molar-refractivity contribution is 5.96. The predicted molar refractivity (Wildman–Crippen MR) is 29.1 cm³/mol. The summed E-state index contributed by atoms with van der Waals surface area (Å²) in [6, 6.07) is 0. The maximum absolute atomic E-state index is 12.1. The van der Waals surface area contributed by atoms with E-state index in [-0.39, 0.29) is 0 Å². The SMILES string of the molecule is C/C(C(=O)O)=C(\F)C(=O)O. The summed E-state index contributed by atoms with van der Waals surface area (Å²) in [5, 5.41) is 15.9. The molecule has 0 aliphatic carbocycles. The van der Waals surface area contributed by atoms with Crippen LogP contribution in [0.3, 0.4) is 0 Å². The number of hydrogen-bond acceptors (Lipinski definition) is 2. The molecule has 56 valence electrons. The Hall–Kier alpha value is -1.39. The normalized spacial score (nSPS) is 12.2. The molecule has 4 nitrogen and oxygen atoms in total. The predicted octanol–water partition coefficient (Wildman–Crippen LogP) is 0.399. The first-order valence-corrected chi connectivity index (χ1v) is 2.29. The van der Waals surface area contributed by atoms with Crippen molar-refractivity contribution in [3.05, 3.63) is 11.4 Å². The average Bonchev–Trinajstić information content (AvgIpc) is 1.84. The van der Waals surface area contributed by atoms with Crippen molar-refractivity contribution in [3.63, 3.8) is 0 Å². The lowest BCUT2D eigenvalue weighted by molar-refractivity contribution is -0.137. The minimum Gasteiger partial charge on any atom is -0.478 e. The standard InChI is InChI=1S/C5H5FO4/c1-2(4(7)8)3(6)5(9)10/h1H3,(H,7,8)(H,9,10)/b3-2+. The minimum atomic E-state index is -1.86. The zero-order valence-corrected chi connectivity index (χ0v) is 5.09. The molecular weight excluding hydrogens is 143 g/mol. The molecule has 10 heavy (non-hydrogen) atoms. The first-order chi connectivity index (χ1) is 4.46. The average molecular weight is 148 g/mol. The van der Waals surface area contributed by atoms with Gasteiger partial charge in [-0.2, -0.15) is 4.39 Å². The third-order valence-electron chi connectivity index (χ3n) is 0.838. The van der Waals surface area contributed by atoms with Gasteiger partial charge in [0.25, 0.3) is 0 Å². The number of aliphatic carboxylic acids is 2. The molecule has 2 N–H and O–H groups in total. The number of hydrogen-bond donors (Lipinski definition) is 2.